The maximum atomic E-state index is 12.5. The Balaban J connectivity index is 1.40. The van der Waals surface area contributed by atoms with Crippen molar-refractivity contribution in [2.24, 2.45) is 0 Å². The third kappa shape index (κ3) is 3.72. The van der Waals surface area contributed by atoms with Gasteiger partial charge in [-0.1, -0.05) is 24.3 Å². The van der Waals surface area contributed by atoms with E-state index in [4.69, 9.17) is 14.2 Å². The molecule has 4 rings (SSSR count). The van der Waals surface area contributed by atoms with Crippen molar-refractivity contribution in [3.8, 4) is 17.2 Å². The van der Waals surface area contributed by atoms with Crippen LogP contribution < -0.4 is 19.5 Å². The molecule has 2 heterocycles. The van der Waals surface area contributed by atoms with Gasteiger partial charge in [0, 0.05) is 6.20 Å². The summed E-state index contributed by atoms with van der Waals surface area (Å²) in [4.78, 5) is 12.5. The molecule has 1 N–H and O–H groups in total. The van der Waals surface area contributed by atoms with Gasteiger partial charge in [-0.2, -0.15) is 5.10 Å². The van der Waals surface area contributed by atoms with Gasteiger partial charge in [0.1, 0.15) is 12.4 Å². The number of hydrogen-bond donors (Lipinski definition) is 1. The Morgan fingerprint density at radius 3 is 2.85 bits per heavy atom. The minimum absolute atomic E-state index is 0.155. The zero-order valence-corrected chi connectivity index (χ0v) is 14.8. The van der Waals surface area contributed by atoms with E-state index in [1.165, 1.54) is 7.11 Å². The number of carbonyl (C=O) groups is 1. The predicted octanol–water partition coefficient (Wildman–Crippen LogP) is 2.98. The highest BCUT2D eigenvalue weighted by Crippen LogP contribution is 2.31. The van der Waals surface area contributed by atoms with Crippen molar-refractivity contribution < 1.29 is 19.0 Å². The maximum Gasteiger partial charge on any atom is 0.259 e. The minimum atomic E-state index is -0.252. The molecule has 0 aliphatic carbocycles. The zero-order chi connectivity index (χ0) is 18.6. The zero-order valence-electron chi connectivity index (χ0n) is 14.8. The van der Waals surface area contributed by atoms with Crippen molar-refractivity contribution in [1.29, 1.82) is 0 Å². The predicted molar refractivity (Wildman–Crippen MR) is 99.5 cm³/mol. The second kappa shape index (κ2) is 7.41. The molecule has 0 spiro atoms. The molecule has 0 saturated heterocycles. The molecule has 0 saturated carbocycles. The van der Waals surface area contributed by atoms with Gasteiger partial charge in [-0.15, -0.1) is 0 Å². The fourth-order valence-corrected chi connectivity index (χ4v) is 2.92. The fourth-order valence-electron chi connectivity index (χ4n) is 2.92. The summed E-state index contributed by atoms with van der Waals surface area (Å²) in [7, 11) is 1.54. The van der Waals surface area contributed by atoms with Crippen LogP contribution in [0, 0.1) is 0 Å². The van der Waals surface area contributed by atoms with Crippen molar-refractivity contribution in [1.82, 2.24) is 9.78 Å². The molecule has 1 amide bonds. The standard InChI is InChI=1S/C20H19N3O4/c1-25-17-7-3-2-6-16(17)20(24)22-14-10-21-23(11-14)12-15-13-26-18-8-4-5-9-19(18)27-15/h2-11,15H,12-13H2,1H3,(H,22,24). The molecule has 0 fully saturated rings. The summed E-state index contributed by atoms with van der Waals surface area (Å²) in [6, 6.07) is 14.6. The maximum absolute atomic E-state index is 12.5. The third-order valence-electron chi connectivity index (χ3n) is 4.20. The van der Waals surface area contributed by atoms with Crippen molar-refractivity contribution in [3.63, 3.8) is 0 Å². The first-order chi connectivity index (χ1) is 13.2. The molecule has 0 radical (unpaired) electrons. The summed E-state index contributed by atoms with van der Waals surface area (Å²) in [6.45, 7) is 0.957. The molecule has 0 bridgehead atoms. The van der Waals surface area contributed by atoms with Crippen LogP contribution in [0.3, 0.4) is 0 Å². The van der Waals surface area contributed by atoms with E-state index in [9.17, 15) is 4.79 Å². The normalized spacial score (nSPS) is 15.2. The van der Waals surface area contributed by atoms with E-state index in [0.29, 0.717) is 30.2 Å². The molecule has 7 nitrogen and oxygen atoms in total. The number of nitrogens with zero attached hydrogens (tertiary/aromatic N) is 2. The molecule has 1 atom stereocenters. The second-order valence-corrected chi connectivity index (χ2v) is 6.10. The number of fused-ring (bicyclic) bond motifs is 1. The van der Waals surface area contributed by atoms with Crippen LogP contribution in [0.2, 0.25) is 0 Å². The molecule has 2 aromatic carbocycles. The number of nitrogens with one attached hydrogen (secondary N) is 1. The van der Waals surface area contributed by atoms with Gasteiger partial charge in [-0.25, -0.2) is 0 Å². The largest absolute Gasteiger partial charge is 0.496 e. The highest BCUT2D eigenvalue weighted by Gasteiger charge is 2.21. The Hall–Kier alpha value is -3.48. The van der Waals surface area contributed by atoms with Crippen LogP contribution in [0.4, 0.5) is 5.69 Å². The van der Waals surface area contributed by atoms with Crippen LogP contribution in [0.5, 0.6) is 17.2 Å². The van der Waals surface area contributed by atoms with Gasteiger partial charge in [0.25, 0.3) is 5.91 Å². The Bertz CT molecular complexity index is 954. The van der Waals surface area contributed by atoms with Gasteiger partial charge in [-0.3, -0.25) is 9.48 Å². The van der Waals surface area contributed by atoms with Gasteiger partial charge < -0.3 is 19.5 Å². The van der Waals surface area contributed by atoms with E-state index in [-0.39, 0.29) is 12.0 Å². The van der Waals surface area contributed by atoms with Crippen molar-refractivity contribution in [3.05, 3.63) is 66.5 Å². The number of benzene rings is 2. The number of rotatable bonds is 5. The lowest BCUT2D eigenvalue weighted by molar-refractivity contribution is 0.0759. The van der Waals surface area contributed by atoms with E-state index in [1.54, 1.807) is 35.3 Å². The van der Waals surface area contributed by atoms with Crippen LogP contribution in [-0.4, -0.2) is 35.5 Å². The minimum Gasteiger partial charge on any atom is -0.496 e. The molecular formula is C20H19N3O4. The van der Waals surface area contributed by atoms with Gasteiger partial charge in [0.2, 0.25) is 0 Å². The first kappa shape index (κ1) is 17.0. The number of aromatic nitrogens is 2. The lowest BCUT2D eigenvalue weighted by Crippen LogP contribution is -2.33. The number of anilines is 1. The van der Waals surface area contributed by atoms with E-state index in [2.05, 4.69) is 10.4 Å². The molecular weight excluding hydrogens is 346 g/mol. The molecule has 1 unspecified atom stereocenters. The van der Waals surface area contributed by atoms with Gasteiger partial charge in [0.15, 0.2) is 17.6 Å². The number of ether oxygens (including phenoxy) is 3. The molecule has 27 heavy (non-hydrogen) atoms. The van der Waals surface area contributed by atoms with E-state index >= 15 is 0 Å². The number of amides is 1. The van der Waals surface area contributed by atoms with Crippen LogP contribution >= 0.6 is 0 Å². The second-order valence-electron chi connectivity index (χ2n) is 6.10. The smallest absolute Gasteiger partial charge is 0.259 e. The van der Waals surface area contributed by atoms with Crippen molar-refractivity contribution in [2.75, 3.05) is 19.0 Å². The summed E-state index contributed by atoms with van der Waals surface area (Å²) in [6.07, 6.45) is 3.21. The number of carbonyl (C=O) groups excluding carboxylic acids is 1. The summed E-state index contributed by atoms with van der Waals surface area (Å²) < 4.78 is 18.6. The van der Waals surface area contributed by atoms with E-state index in [0.717, 1.165) is 11.5 Å². The monoisotopic (exact) mass is 365 g/mol. The first-order valence-electron chi connectivity index (χ1n) is 8.58. The molecule has 138 valence electrons. The Morgan fingerprint density at radius 2 is 2.00 bits per heavy atom. The third-order valence-corrected chi connectivity index (χ3v) is 4.20. The van der Waals surface area contributed by atoms with Crippen LogP contribution in [0.15, 0.2) is 60.9 Å². The fraction of sp³-hybridized carbons (Fsp3) is 0.200. The van der Waals surface area contributed by atoms with Crippen LogP contribution in [0.25, 0.3) is 0 Å². The van der Waals surface area contributed by atoms with Crippen molar-refractivity contribution in [2.45, 2.75) is 12.6 Å². The topological polar surface area (TPSA) is 74.6 Å². The summed E-state index contributed by atoms with van der Waals surface area (Å²) in [5.41, 5.74) is 1.07. The van der Waals surface area contributed by atoms with Gasteiger partial charge >= 0.3 is 0 Å². The molecule has 3 aromatic rings. The Labute approximate surface area is 156 Å². The van der Waals surface area contributed by atoms with E-state index < -0.39 is 0 Å². The van der Waals surface area contributed by atoms with Gasteiger partial charge in [-0.05, 0) is 24.3 Å². The molecule has 7 heteroatoms. The van der Waals surface area contributed by atoms with Crippen molar-refractivity contribution >= 4 is 11.6 Å². The quantitative estimate of drug-likeness (QED) is 0.752. The first-order valence-corrected chi connectivity index (χ1v) is 8.58. The van der Waals surface area contributed by atoms with Crippen LogP contribution in [-0.2, 0) is 6.54 Å². The SMILES string of the molecule is COc1ccccc1C(=O)Nc1cnn(CC2COc3ccccc3O2)c1. The highest BCUT2D eigenvalue weighted by atomic mass is 16.6. The Kier molecular flexibility index (Phi) is 4.65. The average molecular weight is 365 g/mol. The summed E-state index contributed by atoms with van der Waals surface area (Å²) in [5.74, 6) is 1.75. The molecule has 1 aromatic heterocycles. The highest BCUT2D eigenvalue weighted by molar-refractivity contribution is 6.06. The number of hydrogen-bond acceptors (Lipinski definition) is 5. The van der Waals surface area contributed by atoms with Gasteiger partial charge in [0.05, 0.1) is 31.1 Å². The lowest BCUT2D eigenvalue weighted by Gasteiger charge is -2.26. The molecule has 1 aliphatic rings. The number of methoxy groups -OCH3 is 1. The lowest BCUT2D eigenvalue weighted by atomic mass is 10.2. The molecule has 1 aliphatic heterocycles. The summed E-state index contributed by atoms with van der Waals surface area (Å²) in [5, 5.41) is 7.12. The summed E-state index contributed by atoms with van der Waals surface area (Å²) >= 11 is 0. The van der Waals surface area contributed by atoms with E-state index in [1.807, 2.05) is 30.3 Å². The Morgan fingerprint density at radius 1 is 1.22 bits per heavy atom. The average Bonchev–Trinajstić information content (AvgIpc) is 3.14. The van der Waals surface area contributed by atoms with Crippen LogP contribution in [0.1, 0.15) is 10.4 Å². The number of para-hydroxylation sites is 3.